The van der Waals surface area contributed by atoms with Crippen molar-refractivity contribution >= 4 is 22.7 Å². The fraction of sp³-hybridized carbons (Fsp3) is 0.167. The predicted octanol–water partition coefficient (Wildman–Crippen LogP) is 5.99. The molecule has 0 spiro atoms. The predicted molar refractivity (Wildman–Crippen MR) is 117 cm³/mol. The van der Waals surface area contributed by atoms with E-state index in [0.29, 0.717) is 16.1 Å². The van der Waals surface area contributed by atoms with Crippen LogP contribution in [0, 0.1) is 19.7 Å². The van der Waals surface area contributed by atoms with Gasteiger partial charge in [-0.1, -0.05) is 54.2 Å². The number of aromatic nitrogens is 2. The number of halogens is 1. The number of fused-ring (bicyclic) bond motifs is 1. The monoisotopic (exact) mass is 404 g/mol. The SMILES string of the molecule is Cc1cccc(C)c1-n1c(S[C@H](C)c2ccc(F)cc2)nc2ccccc2c1=O. The number of rotatable bonds is 4. The molecule has 1 atom stereocenters. The molecule has 4 rings (SSSR count). The Morgan fingerprint density at radius 1 is 0.931 bits per heavy atom. The Kier molecular flexibility index (Phi) is 5.24. The average Bonchev–Trinajstić information content (AvgIpc) is 2.70. The van der Waals surface area contributed by atoms with E-state index in [9.17, 15) is 9.18 Å². The molecule has 4 aromatic rings. The smallest absolute Gasteiger partial charge is 0.266 e. The van der Waals surface area contributed by atoms with Crippen molar-refractivity contribution in [1.29, 1.82) is 0 Å². The van der Waals surface area contributed by atoms with Crippen molar-refractivity contribution in [3.8, 4) is 5.69 Å². The van der Waals surface area contributed by atoms with Crippen LogP contribution >= 0.6 is 11.8 Å². The van der Waals surface area contributed by atoms with Crippen molar-refractivity contribution in [2.75, 3.05) is 0 Å². The van der Waals surface area contributed by atoms with Gasteiger partial charge in [0.25, 0.3) is 5.56 Å². The molecule has 0 aliphatic rings. The van der Waals surface area contributed by atoms with Gasteiger partial charge in [0.05, 0.1) is 16.6 Å². The Bertz CT molecular complexity index is 1230. The van der Waals surface area contributed by atoms with Gasteiger partial charge in [-0.15, -0.1) is 0 Å². The lowest BCUT2D eigenvalue weighted by Gasteiger charge is -2.19. The molecule has 0 N–H and O–H groups in total. The largest absolute Gasteiger partial charge is 0.268 e. The van der Waals surface area contributed by atoms with Crippen LogP contribution in [0.1, 0.15) is 28.9 Å². The third-order valence-electron chi connectivity index (χ3n) is 5.03. The third-order valence-corrected chi connectivity index (χ3v) is 6.14. The van der Waals surface area contributed by atoms with E-state index in [-0.39, 0.29) is 16.6 Å². The van der Waals surface area contributed by atoms with Crippen LogP contribution < -0.4 is 5.56 Å². The summed E-state index contributed by atoms with van der Waals surface area (Å²) < 4.78 is 15.0. The van der Waals surface area contributed by atoms with Crippen LogP contribution in [0.2, 0.25) is 0 Å². The lowest BCUT2D eigenvalue weighted by molar-refractivity contribution is 0.627. The zero-order valence-corrected chi connectivity index (χ0v) is 17.3. The standard InChI is InChI=1S/C24H21FN2OS/c1-15-7-6-8-16(2)22(15)27-23(28)20-9-4-5-10-21(20)26-24(27)29-17(3)18-11-13-19(25)14-12-18/h4-14,17H,1-3H3/t17-/m1/s1. The molecule has 0 fully saturated rings. The fourth-order valence-corrected chi connectivity index (χ4v) is 4.55. The van der Waals surface area contributed by atoms with Crippen molar-refractivity contribution in [3.05, 3.63) is 99.6 Å². The Morgan fingerprint density at radius 2 is 1.59 bits per heavy atom. The molecule has 5 heteroatoms. The highest BCUT2D eigenvalue weighted by Gasteiger charge is 2.19. The minimum absolute atomic E-state index is 0.000707. The number of aryl methyl sites for hydroxylation is 2. The van der Waals surface area contributed by atoms with Crippen LogP contribution in [0.4, 0.5) is 4.39 Å². The van der Waals surface area contributed by atoms with E-state index in [1.807, 2.05) is 63.2 Å². The van der Waals surface area contributed by atoms with Gasteiger partial charge < -0.3 is 0 Å². The van der Waals surface area contributed by atoms with E-state index in [0.717, 1.165) is 22.4 Å². The summed E-state index contributed by atoms with van der Waals surface area (Å²) in [5.41, 5.74) is 4.47. The normalized spacial score (nSPS) is 12.3. The van der Waals surface area contributed by atoms with E-state index in [1.54, 1.807) is 16.7 Å². The van der Waals surface area contributed by atoms with Crippen LogP contribution in [0.25, 0.3) is 16.6 Å². The molecule has 29 heavy (non-hydrogen) atoms. The molecule has 0 amide bonds. The molecule has 146 valence electrons. The first kappa shape index (κ1) is 19.4. The summed E-state index contributed by atoms with van der Waals surface area (Å²) in [7, 11) is 0. The molecule has 3 nitrogen and oxygen atoms in total. The number of benzene rings is 3. The number of para-hydroxylation sites is 2. The minimum Gasteiger partial charge on any atom is -0.268 e. The number of nitrogens with zero attached hydrogens (tertiary/aromatic N) is 2. The van der Waals surface area contributed by atoms with Gasteiger partial charge in [0, 0.05) is 5.25 Å². The van der Waals surface area contributed by atoms with Gasteiger partial charge in [-0.2, -0.15) is 0 Å². The van der Waals surface area contributed by atoms with Crippen molar-refractivity contribution in [2.45, 2.75) is 31.2 Å². The van der Waals surface area contributed by atoms with Crippen LogP contribution in [0.5, 0.6) is 0 Å². The van der Waals surface area contributed by atoms with Gasteiger partial charge in [-0.05, 0) is 61.7 Å². The number of hydrogen-bond acceptors (Lipinski definition) is 3. The van der Waals surface area contributed by atoms with Crippen molar-refractivity contribution in [2.24, 2.45) is 0 Å². The van der Waals surface area contributed by atoms with E-state index >= 15 is 0 Å². The highest BCUT2D eigenvalue weighted by molar-refractivity contribution is 7.99. The summed E-state index contributed by atoms with van der Waals surface area (Å²) >= 11 is 1.50. The van der Waals surface area contributed by atoms with Crippen molar-refractivity contribution < 1.29 is 4.39 Å². The highest BCUT2D eigenvalue weighted by atomic mass is 32.2. The van der Waals surface area contributed by atoms with Crippen LogP contribution in [-0.2, 0) is 0 Å². The van der Waals surface area contributed by atoms with Gasteiger partial charge in [0.1, 0.15) is 5.82 Å². The molecular formula is C24H21FN2OS. The Balaban J connectivity index is 1.92. The Hall–Kier alpha value is -2.92. The molecular weight excluding hydrogens is 383 g/mol. The van der Waals surface area contributed by atoms with E-state index < -0.39 is 0 Å². The maximum atomic E-state index is 13.5. The summed E-state index contributed by atoms with van der Waals surface area (Å²) in [6.07, 6.45) is 0. The molecule has 1 aromatic heterocycles. The second-order valence-electron chi connectivity index (χ2n) is 7.10. The van der Waals surface area contributed by atoms with E-state index in [1.165, 1.54) is 23.9 Å². The first-order valence-electron chi connectivity index (χ1n) is 9.46. The molecule has 3 aromatic carbocycles. The van der Waals surface area contributed by atoms with Gasteiger partial charge in [0.15, 0.2) is 5.16 Å². The van der Waals surface area contributed by atoms with Gasteiger partial charge in [0.2, 0.25) is 0 Å². The number of thioether (sulfide) groups is 1. The maximum absolute atomic E-state index is 13.5. The van der Waals surface area contributed by atoms with E-state index in [4.69, 9.17) is 4.98 Å². The molecule has 0 unspecified atom stereocenters. The molecule has 0 saturated heterocycles. The summed E-state index contributed by atoms with van der Waals surface area (Å²) in [6.45, 7) is 6.04. The second kappa shape index (κ2) is 7.84. The first-order chi connectivity index (χ1) is 14.0. The number of hydrogen-bond donors (Lipinski definition) is 0. The van der Waals surface area contributed by atoms with Gasteiger partial charge in [-0.3, -0.25) is 9.36 Å². The van der Waals surface area contributed by atoms with Crippen LogP contribution in [0.3, 0.4) is 0 Å². The molecule has 0 aliphatic carbocycles. The van der Waals surface area contributed by atoms with E-state index in [2.05, 4.69) is 0 Å². The van der Waals surface area contributed by atoms with Gasteiger partial charge >= 0.3 is 0 Å². The molecule has 0 bridgehead atoms. The quantitative estimate of drug-likeness (QED) is 0.309. The molecule has 0 saturated carbocycles. The Labute approximate surface area is 173 Å². The molecule has 1 heterocycles. The summed E-state index contributed by atoms with van der Waals surface area (Å²) in [5, 5.41) is 1.22. The molecule has 0 radical (unpaired) electrons. The summed E-state index contributed by atoms with van der Waals surface area (Å²) in [4.78, 5) is 18.3. The zero-order chi connectivity index (χ0) is 20.5. The van der Waals surface area contributed by atoms with Crippen LogP contribution in [-0.4, -0.2) is 9.55 Å². The Morgan fingerprint density at radius 3 is 2.28 bits per heavy atom. The minimum atomic E-state index is -0.262. The summed E-state index contributed by atoms with van der Waals surface area (Å²) in [6, 6.07) is 19.9. The molecule has 0 aliphatic heterocycles. The zero-order valence-electron chi connectivity index (χ0n) is 16.5. The highest BCUT2D eigenvalue weighted by Crippen LogP contribution is 2.35. The summed E-state index contributed by atoms with van der Waals surface area (Å²) in [5.74, 6) is -0.262. The van der Waals surface area contributed by atoms with Gasteiger partial charge in [-0.25, -0.2) is 9.37 Å². The maximum Gasteiger partial charge on any atom is 0.266 e. The first-order valence-corrected chi connectivity index (χ1v) is 10.3. The third kappa shape index (κ3) is 3.70. The van der Waals surface area contributed by atoms with Crippen molar-refractivity contribution in [1.82, 2.24) is 9.55 Å². The van der Waals surface area contributed by atoms with Crippen molar-refractivity contribution in [3.63, 3.8) is 0 Å². The second-order valence-corrected chi connectivity index (χ2v) is 8.41. The lowest BCUT2D eigenvalue weighted by atomic mass is 10.1. The fourth-order valence-electron chi connectivity index (χ4n) is 3.51. The van der Waals surface area contributed by atoms with Crippen LogP contribution in [0.15, 0.2) is 76.7 Å². The topological polar surface area (TPSA) is 34.9 Å². The lowest BCUT2D eigenvalue weighted by Crippen LogP contribution is -2.23. The average molecular weight is 405 g/mol.